The number of hydrogen-bond donors (Lipinski definition) is 1. The van der Waals surface area contributed by atoms with E-state index in [1.165, 1.54) is 12.4 Å². The summed E-state index contributed by atoms with van der Waals surface area (Å²) in [5, 5.41) is 5.61. The number of aromatic nitrogens is 3. The second-order valence-electron chi connectivity index (χ2n) is 7.35. The van der Waals surface area contributed by atoms with E-state index in [4.69, 9.17) is 10.5 Å². The van der Waals surface area contributed by atoms with Gasteiger partial charge in [-0.2, -0.15) is 5.10 Å². The van der Waals surface area contributed by atoms with Crippen LogP contribution < -0.4 is 10.5 Å². The van der Waals surface area contributed by atoms with E-state index in [9.17, 15) is 4.79 Å². The van der Waals surface area contributed by atoms with Gasteiger partial charge in [0.1, 0.15) is 17.6 Å². The lowest BCUT2D eigenvalue weighted by Gasteiger charge is -2.14. The second kappa shape index (κ2) is 7.14. The molecular weight excluding hydrogens is 398 g/mol. The normalized spacial score (nSPS) is 16.4. The average molecular weight is 420 g/mol. The van der Waals surface area contributed by atoms with Gasteiger partial charge in [0, 0.05) is 35.1 Å². The fourth-order valence-corrected chi connectivity index (χ4v) is 5.40. The summed E-state index contributed by atoms with van der Waals surface area (Å²) in [4.78, 5) is 19.2. The third-order valence-electron chi connectivity index (χ3n) is 5.70. The predicted octanol–water partition coefficient (Wildman–Crippen LogP) is 3.70. The van der Waals surface area contributed by atoms with Crippen molar-refractivity contribution in [2.75, 3.05) is 25.9 Å². The maximum Gasteiger partial charge on any atom is 0.245 e. The number of carbonyl (C=O) groups excluding carboxylic acids is 1. The number of likely N-dealkylation sites (tertiary alicyclic amines) is 1. The van der Waals surface area contributed by atoms with Gasteiger partial charge >= 0.3 is 0 Å². The Kier molecular flexibility index (Phi) is 4.43. The Labute approximate surface area is 177 Å². The van der Waals surface area contributed by atoms with Crippen LogP contribution in [0.4, 0.5) is 5.82 Å². The summed E-state index contributed by atoms with van der Waals surface area (Å²) in [6.45, 7) is 4.95. The van der Waals surface area contributed by atoms with Gasteiger partial charge in [-0.3, -0.25) is 4.79 Å². The molecular formula is C22H21N5O2S. The number of carbonyl (C=O) groups is 1. The van der Waals surface area contributed by atoms with Crippen LogP contribution in [0, 0.1) is 0 Å². The molecule has 1 fully saturated rings. The molecule has 7 nitrogen and oxygen atoms in total. The summed E-state index contributed by atoms with van der Waals surface area (Å²) < 4.78 is 8.50. The smallest absolute Gasteiger partial charge is 0.245 e. The largest absolute Gasteiger partial charge is 0.495 e. The molecule has 0 radical (unpaired) electrons. The molecule has 5 rings (SSSR count). The minimum absolute atomic E-state index is 0.0377. The second-order valence-corrected chi connectivity index (χ2v) is 8.40. The molecule has 4 heterocycles. The van der Waals surface area contributed by atoms with Crippen LogP contribution in [0.2, 0.25) is 0 Å². The van der Waals surface area contributed by atoms with E-state index in [-0.39, 0.29) is 11.8 Å². The Bertz CT molecular complexity index is 1290. The summed E-state index contributed by atoms with van der Waals surface area (Å²) in [7, 11) is 1.68. The summed E-state index contributed by atoms with van der Waals surface area (Å²) in [5.74, 6) is 1.43. The maximum atomic E-state index is 12.0. The minimum atomic E-state index is -0.0377. The molecule has 2 N–H and O–H groups in total. The number of rotatable bonds is 4. The molecule has 8 heteroatoms. The molecule has 1 aromatic carbocycles. The first-order valence-corrected chi connectivity index (χ1v) is 10.5. The number of nitrogens with zero attached hydrogens (tertiary/aromatic N) is 4. The Morgan fingerprint density at radius 3 is 3.07 bits per heavy atom. The molecule has 0 aliphatic carbocycles. The molecule has 3 aromatic heterocycles. The zero-order valence-electron chi connectivity index (χ0n) is 16.5. The van der Waals surface area contributed by atoms with Crippen molar-refractivity contribution >= 4 is 38.7 Å². The van der Waals surface area contributed by atoms with Crippen LogP contribution in [0.3, 0.4) is 0 Å². The number of benzene rings is 1. The van der Waals surface area contributed by atoms with Crippen molar-refractivity contribution in [2.45, 2.75) is 12.3 Å². The fraction of sp³-hybridized carbons (Fsp3) is 0.227. The Balaban J connectivity index is 1.65. The first-order chi connectivity index (χ1) is 14.6. The molecule has 1 aliphatic rings. The van der Waals surface area contributed by atoms with Crippen LogP contribution in [0.25, 0.3) is 26.0 Å². The summed E-state index contributed by atoms with van der Waals surface area (Å²) in [6.07, 6.45) is 3.72. The van der Waals surface area contributed by atoms with E-state index < -0.39 is 0 Å². The maximum absolute atomic E-state index is 12.0. The van der Waals surface area contributed by atoms with Gasteiger partial charge in [-0.25, -0.2) is 9.50 Å². The van der Waals surface area contributed by atoms with Gasteiger partial charge < -0.3 is 15.4 Å². The Morgan fingerprint density at radius 1 is 1.40 bits per heavy atom. The number of methoxy groups -OCH3 is 1. The van der Waals surface area contributed by atoms with Crippen molar-refractivity contribution in [1.29, 1.82) is 0 Å². The molecule has 4 aromatic rings. The molecule has 0 bridgehead atoms. The highest BCUT2D eigenvalue weighted by atomic mass is 32.1. The zero-order chi connectivity index (χ0) is 20.8. The zero-order valence-corrected chi connectivity index (χ0v) is 17.4. The van der Waals surface area contributed by atoms with Gasteiger partial charge in [0.25, 0.3) is 0 Å². The highest BCUT2D eigenvalue weighted by Crippen LogP contribution is 2.43. The van der Waals surface area contributed by atoms with E-state index in [0.29, 0.717) is 18.9 Å². The van der Waals surface area contributed by atoms with Crippen LogP contribution in [0.1, 0.15) is 18.0 Å². The molecule has 1 amide bonds. The molecule has 0 unspecified atom stereocenters. The van der Waals surface area contributed by atoms with Crippen LogP contribution in [-0.2, 0) is 4.79 Å². The monoisotopic (exact) mass is 419 g/mol. The quantitative estimate of drug-likeness (QED) is 0.510. The topological polar surface area (TPSA) is 85.8 Å². The van der Waals surface area contributed by atoms with Crippen LogP contribution >= 0.6 is 11.3 Å². The number of hydrogen-bond acceptors (Lipinski definition) is 6. The number of nitrogens with two attached hydrogens (primary N) is 1. The summed E-state index contributed by atoms with van der Waals surface area (Å²) in [6, 6.07) is 10.3. The molecule has 1 saturated heterocycles. The van der Waals surface area contributed by atoms with E-state index >= 15 is 0 Å². The van der Waals surface area contributed by atoms with Gasteiger partial charge in [-0.05, 0) is 36.1 Å². The highest BCUT2D eigenvalue weighted by Gasteiger charge is 2.30. The first kappa shape index (κ1) is 18.6. The standard InChI is InChI=1S/C22H21N5O2S/c1-3-19(28)26-8-7-14(11-26)16-10-15(20-22(23)24-12-25-27(16)20)18-9-13-5-4-6-17(29-2)21(13)30-18/h3-6,9-10,12,14H,1,7-8,11H2,2H3,(H2,23,24,25)/t14-/m0/s1. The Morgan fingerprint density at radius 2 is 2.27 bits per heavy atom. The fourth-order valence-electron chi connectivity index (χ4n) is 4.23. The van der Waals surface area contributed by atoms with Crippen molar-refractivity contribution in [1.82, 2.24) is 19.5 Å². The SMILES string of the molecule is C=CC(=O)N1CC[C@H](c2cc(-c3cc4cccc(OC)c4s3)c3c(N)ncnn23)C1. The third kappa shape index (κ3) is 2.83. The molecule has 1 atom stereocenters. The predicted molar refractivity (Wildman–Crippen MR) is 119 cm³/mol. The van der Waals surface area contributed by atoms with Crippen molar-refractivity contribution in [2.24, 2.45) is 0 Å². The number of nitrogen functional groups attached to an aromatic ring is 1. The average Bonchev–Trinajstić information content (AvgIpc) is 3.48. The molecule has 0 spiro atoms. The lowest BCUT2D eigenvalue weighted by Crippen LogP contribution is -2.26. The molecule has 1 aliphatic heterocycles. The lowest BCUT2D eigenvalue weighted by molar-refractivity contribution is -0.125. The van der Waals surface area contributed by atoms with Crippen LogP contribution in [0.15, 0.2) is 49.3 Å². The number of anilines is 1. The first-order valence-electron chi connectivity index (χ1n) is 9.71. The molecule has 30 heavy (non-hydrogen) atoms. The number of amides is 1. The van der Waals surface area contributed by atoms with Gasteiger partial charge in [0.05, 0.1) is 11.8 Å². The van der Waals surface area contributed by atoms with E-state index in [1.807, 2.05) is 21.5 Å². The van der Waals surface area contributed by atoms with Gasteiger partial charge in [0.15, 0.2) is 5.82 Å². The number of thiophene rings is 1. The summed E-state index contributed by atoms with van der Waals surface area (Å²) in [5.41, 5.74) is 9.12. The van der Waals surface area contributed by atoms with Crippen LogP contribution in [-0.4, -0.2) is 45.6 Å². The third-order valence-corrected chi connectivity index (χ3v) is 6.90. The molecule has 0 saturated carbocycles. The van der Waals surface area contributed by atoms with Crippen molar-refractivity contribution in [3.05, 3.63) is 55.0 Å². The van der Waals surface area contributed by atoms with Crippen molar-refractivity contribution in [3.8, 4) is 16.2 Å². The van der Waals surface area contributed by atoms with E-state index in [0.717, 1.165) is 43.9 Å². The van der Waals surface area contributed by atoms with Gasteiger partial charge in [-0.15, -0.1) is 11.3 Å². The molecule has 152 valence electrons. The summed E-state index contributed by atoms with van der Waals surface area (Å²) >= 11 is 1.66. The Hall–Kier alpha value is -3.39. The van der Waals surface area contributed by atoms with Gasteiger partial charge in [0.2, 0.25) is 5.91 Å². The number of fused-ring (bicyclic) bond motifs is 2. The van der Waals surface area contributed by atoms with Crippen molar-refractivity contribution < 1.29 is 9.53 Å². The lowest BCUT2D eigenvalue weighted by atomic mass is 10.0. The highest BCUT2D eigenvalue weighted by molar-refractivity contribution is 7.22. The number of ether oxygens (including phenoxy) is 1. The van der Waals surface area contributed by atoms with Crippen LogP contribution in [0.5, 0.6) is 5.75 Å². The van der Waals surface area contributed by atoms with Gasteiger partial charge in [-0.1, -0.05) is 18.7 Å². The van der Waals surface area contributed by atoms with E-state index in [2.05, 4.69) is 34.9 Å². The van der Waals surface area contributed by atoms with E-state index in [1.54, 1.807) is 18.4 Å². The van der Waals surface area contributed by atoms with Crippen molar-refractivity contribution in [3.63, 3.8) is 0 Å². The minimum Gasteiger partial charge on any atom is -0.495 e.